The number of aryl methyl sites for hydroxylation is 1. The molecule has 1 aliphatic rings. The molecule has 0 bridgehead atoms. The van der Waals surface area contributed by atoms with Gasteiger partial charge in [0.1, 0.15) is 0 Å². The van der Waals surface area contributed by atoms with Gasteiger partial charge in [0.15, 0.2) is 5.11 Å². The van der Waals surface area contributed by atoms with Crippen LogP contribution in [0, 0.1) is 0 Å². The molecule has 1 atom stereocenters. The summed E-state index contributed by atoms with van der Waals surface area (Å²) < 4.78 is 0. The van der Waals surface area contributed by atoms with Crippen molar-refractivity contribution in [2.24, 2.45) is 0 Å². The summed E-state index contributed by atoms with van der Waals surface area (Å²) in [5.41, 5.74) is 5.20. The fraction of sp³-hybridized carbons (Fsp3) is 0.174. The maximum Gasteiger partial charge on any atom is 0.167 e. The third-order valence-electron chi connectivity index (χ3n) is 4.98. The highest BCUT2D eigenvalue weighted by Gasteiger charge is 2.23. The lowest BCUT2D eigenvalue weighted by molar-refractivity contribution is 0.620. The van der Waals surface area contributed by atoms with Gasteiger partial charge in [-0.25, -0.2) is 0 Å². The van der Waals surface area contributed by atoms with E-state index in [1.165, 1.54) is 22.3 Å². The summed E-state index contributed by atoms with van der Waals surface area (Å²) in [4.78, 5) is 0. The summed E-state index contributed by atoms with van der Waals surface area (Å²) >= 11 is 5.67. The minimum absolute atomic E-state index is 0.0362. The van der Waals surface area contributed by atoms with E-state index in [0.717, 1.165) is 12.8 Å². The number of hydrogen-bond donors (Lipinski definition) is 2. The first-order valence-corrected chi connectivity index (χ1v) is 9.47. The Kier molecular flexibility index (Phi) is 4.98. The standard InChI is InChI=1S/C23H22N2S/c26-23(24-21-16-15-17-9-7-8-14-20(17)21)25-22(18-10-3-1-4-11-18)19-12-5-2-6-13-19/h1-14,21-22H,15-16H2,(H2,24,25,26). The molecule has 2 nitrogen and oxygen atoms in total. The monoisotopic (exact) mass is 358 g/mol. The molecule has 0 saturated heterocycles. The van der Waals surface area contributed by atoms with Crippen molar-refractivity contribution in [3.8, 4) is 0 Å². The van der Waals surface area contributed by atoms with E-state index in [0.29, 0.717) is 11.2 Å². The summed E-state index contributed by atoms with van der Waals surface area (Å²) in [6, 6.07) is 29.8. The number of rotatable bonds is 4. The Hall–Kier alpha value is -2.65. The van der Waals surface area contributed by atoms with Crippen molar-refractivity contribution >= 4 is 17.3 Å². The molecule has 26 heavy (non-hydrogen) atoms. The van der Waals surface area contributed by atoms with Gasteiger partial charge >= 0.3 is 0 Å². The number of benzene rings is 3. The second kappa shape index (κ2) is 7.71. The molecule has 0 heterocycles. The van der Waals surface area contributed by atoms with E-state index in [1.54, 1.807) is 0 Å². The Morgan fingerprint density at radius 2 is 1.38 bits per heavy atom. The molecule has 4 rings (SSSR count). The van der Waals surface area contributed by atoms with Crippen LogP contribution in [0.4, 0.5) is 0 Å². The van der Waals surface area contributed by atoms with Crippen molar-refractivity contribution in [1.29, 1.82) is 0 Å². The first kappa shape index (κ1) is 16.8. The van der Waals surface area contributed by atoms with Gasteiger partial charge in [0.25, 0.3) is 0 Å². The predicted molar refractivity (Wildman–Crippen MR) is 111 cm³/mol. The van der Waals surface area contributed by atoms with E-state index in [4.69, 9.17) is 12.2 Å². The van der Waals surface area contributed by atoms with Gasteiger partial charge in [-0.1, -0.05) is 84.9 Å². The fourth-order valence-corrected chi connectivity index (χ4v) is 3.95. The van der Waals surface area contributed by atoms with Gasteiger partial charge in [-0.2, -0.15) is 0 Å². The lowest BCUT2D eigenvalue weighted by atomic mass is 9.99. The smallest absolute Gasteiger partial charge is 0.167 e. The Balaban J connectivity index is 1.52. The molecular formula is C23H22N2S. The molecule has 0 radical (unpaired) electrons. The number of thiocarbonyl (C=S) groups is 1. The van der Waals surface area contributed by atoms with E-state index < -0.39 is 0 Å². The second-order valence-electron chi connectivity index (χ2n) is 6.66. The number of nitrogens with one attached hydrogen (secondary N) is 2. The van der Waals surface area contributed by atoms with E-state index in [2.05, 4.69) is 83.4 Å². The van der Waals surface area contributed by atoms with Crippen LogP contribution in [-0.2, 0) is 6.42 Å². The van der Waals surface area contributed by atoms with E-state index >= 15 is 0 Å². The van der Waals surface area contributed by atoms with Crippen LogP contribution in [-0.4, -0.2) is 5.11 Å². The molecule has 0 aliphatic heterocycles. The molecular weight excluding hydrogens is 336 g/mol. The summed E-state index contributed by atoms with van der Waals surface area (Å²) in [6.45, 7) is 0. The quantitative estimate of drug-likeness (QED) is 0.647. The molecule has 0 aromatic heterocycles. The van der Waals surface area contributed by atoms with Gasteiger partial charge in [-0.15, -0.1) is 0 Å². The molecule has 3 heteroatoms. The molecule has 3 aromatic carbocycles. The van der Waals surface area contributed by atoms with Crippen LogP contribution in [0.5, 0.6) is 0 Å². The molecule has 1 unspecified atom stereocenters. The maximum atomic E-state index is 5.67. The normalized spacial score (nSPS) is 15.5. The Bertz CT molecular complexity index is 837. The van der Waals surface area contributed by atoms with Crippen LogP contribution in [0.15, 0.2) is 84.9 Å². The van der Waals surface area contributed by atoms with Crippen LogP contribution < -0.4 is 10.6 Å². The van der Waals surface area contributed by atoms with Crippen molar-refractivity contribution in [2.75, 3.05) is 0 Å². The predicted octanol–water partition coefficient (Wildman–Crippen LogP) is 4.93. The van der Waals surface area contributed by atoms with Crippen molar-refractivity contribution in [3.05, 3.63) is 107 Å². The van der Waals surface area contributed by atoms with Crippen molar-refractivity contribution in [2.45, 2.75) is 24.9 Å². The van der Waals surface area contributed by atoms with Gasteiger partial charge in [0, 0.05) is 0 Å². The van der Waals surface area contributed by atoms with Crippen LogP contribution in [0.25, 0.3) is 0 Å². The summed E-state index contributed by atoms with van der Waals surface area (Å²) in [6.07, 6.45) is 2.19. The zero-order valence-corrected chi connectivity index (χ0v) is 15.4. The third kappa shape index (κ3) is 3.63. The molecule has 0 fully saturated rings. The van der Waals surface area contributed by atoms with Gasteiger partial charge in [-0.05, 0) is 47.3 Å². The molecule has 1 aliphatic carbocycles. The lowest BCUT2D eigenvalue weighted by Gasteiger charge is -2.24. The molecule has 2 N–H and O–H groups in total. The largest absolute Gasteiger partial charge is 0.356 e. The average Bonchev–Trinajstić information content (AvgIpc) is 3.10. The number of fused-ring (bicyclic) bond motifs is 1. The highest BCUT2D eigenvalue weighted by Crippen LogP contribution is 2.31. The molecule has 3 aromatic rings. The topological polar surface area (TPSA) is 24.1 Å². The van der Waals surface area contributed by atoms with E-state index in [-0.39, 0.29) is 6.04 Å². The van der Waals surface area contributed by atoms with Crippen LogP contribution in [0.1, 0.15) is 40.8 Å². The van der Waals surface area contributed by atoms with Gasteiger partial charge < -0.3 is 10.6 Å². The molecule has 0 amide bonds. The van der Waals surface area contributed by atoms with Crippen molar-refractivity contribution < 1.29 is 0 Å². The Morgan fingerprint density at radius 3 is 2.04 bits per heavy atom. The first-order valence-electron chi connectivity index (χ1n) is 9.06. The SMILES string of the molecule is S=C(NC1CCc2ccccc21)NC(c1ccccc1)c1ccccc1. The first-order chi connectivity index (χ1) is 12.8. The molecule has 0 spiro atoms. The van der Waals surface area contributed by atoms with Crippen molar-refractivity contribution in [1.82, 2.24) is 10.6 Å². The summed E-state index contributed by atoms with van der Waals surface area (Å²) in [7, 11) is 0. The number of hydrogen-bond acceptors (Lipinski definition) is 1. The summed E-state index contributed by atoms with van der Waals surface area (Å²) in [5, 5.41) is 7.75. The second-order valence-corrected chi connectivity index (χ2v) is 7.07. The van der Waals surface area contributed by atoms with E-state index in [9.17, 15) is 0 Å². The fourth-order valence-electron chi connectivity index (χ4n) is 3.69. The van der Waals surface area contributed by atoms with Crippen LogP contribution >= 0.6 is 12.2 Å². The Morgan fingerprint density at radius 1 is 0.808 bits per heavy atom. The zero-order chi connectivity index (χ0) is 17.8. The highest BCUT2D eigenvalue weighted by atomic mass is 32.1. The lowest BCUT2D eigenvalue weighted by Crippen LogP contribution is -2.39. The maximum absolute atomic E-state index is 5.67. The van der Waals surface area contributed by atoms with Gasteiger partial charge in [-0.3, -0.25) is 0 Å². The van der Waals surface area contributed by atoms with Crippen LogP contribution in [0.3, 0.4) is 0 Å². The van der Waals surface area contributed by atoms with Gasteiger partial charge in [0.05, 0.1) is 12.1 Å². The third-order valence-corrected chi connectivity index (χ3v) is 5.22. The Labute approximate surface area is 160 Å². The van der Waals surface area contributed by atoms with Gasteiger partial charge in [0.2, 0.25) is 0 Å². The van der Waals surface area contributed by atoms with Crippen molar-refractivity contribution in [3.63, 3.8) is 0 Å². The molecule has 0 saturated carbocycles. The zero-order valence-electron chi connectivity index (χ0n) is 14.6. The minimum atomic E-state index is 0.0362. The average molecular weight is 359 g/mol. The van der Waals surface area contributed by atoms with Crippen LogP contribution in [0.2, 0.25) is 0 Å². The molecule has 130 valence electrons. The summed E-state index contributed by atoms with van der Waals surface area (Å²) in [5.74, 6) is 0. The highest BCUT2D eigenvalue weighted by molar-refractivity contribution is 7.80. The minimum Gasteiger partial charge on any atom is -0.356 e. The van der Waals surface area contributed by atoms with E-state index in [1.807, 2.05) is 12.1 Å².